The largest absolute Gasteiger partial charge is 0.334 e. The summed E-state index contributed by atoms with van der Waals surface area (Å²) in [4.78, 5) is 4.41. The quantitative estimate of drug-likeness (QED) is 0.668. The molecule has 3 heteroatoms. The van der Waals surface area contributed by atoms with Gasteiger partial charge in [-0.05, 0) is 18.9 Å². The Balaban J connectivity index is 2.27. The van der Waals surface area contributed by atoms with Crippen LogP contribution in [0.1, 0.15) is 52.3 Å². The molecule has 0 aliphatic rings. The number of unbranched alkanes of at least 4 members (excludes halogenated alkanes) is 3. The minimum absolute atomic E-state index is 0.697. The first-order valence-electron chi connectivity index (χ1n) is 6.94. The Morgan fingerprint density at radius 3 is 2.82 bits per heavy atom. The minimum atomic E-state index is 0.697. The maximum absolute atomic E-state index is 4.41. The SMILES string of the molecule is CCCCCCn1ccnc1CNCC(C)C. The topological polar surface area (TPSA) is 29.9 Å². The lowest BCUT2D eigenvalue weighted by Gasteiger charge is -2.10. The average molecular weight is 237 g/mol. The molecule has 0 bridgehead atoms. The van der Waals surface area contributed by atoms with E-state index < -0.39 is 0 Å². The van der Waals surface area contributed by atoms with Gasteiger partial charge in [0, 0.05) is 18.9 Å². The lowest BCUT2D eigenvalue weighted by atomic mass is 10.2. The third kappa shape index (κ3) is 5.87. The summed E-state index contributed by atoms with van der Waals surface area (Å²) in [7, 11) is 0. The van der Waals surface area contributed by atoms with E-state index in [4.69, 9.17) is 0 Å². The highest BCUT2D eigenvalue weighted by molar-refractivity contribution is 4.91. The Bertz CT molecular complexity index is 291. The zero-order valence-corrected chi connectivity index (χ0v) is 11.6. The lowest BCUT2D eigenvalue weighted by molar-refractivity contribution is 0.514. The van der Waals surface area contributed by atoms with Gasteiger partial charge in [-0.1, -0.05) is 40.0 Å². The smallest absolute Gasteiger partial charge is 0.122 e. The van der Waals surface area contributed by atoms with Gasteiger partial charge in [0.2, 0.25) is 0 Å². The molecule has 98 valence electrons. The molecule has 1 N–H and O–H groups in total. The van der Waals surface area contributed by atoms with Crippen LogP contribution in [0.3, 0.4) is 0 Å². The van der Waals surface area contributed by atoms with Crippen LogP contribution >= 0.6 is 0 Å². The fourth-order valence-electron chi connectivity index (χ4n) is 1.89. The average Bonchev–Trinajstić information content (AvgIpc) is 2.72. The number of aromatic nitrogens is 2. The van der Waals surface area contributed by atoms with Crippen molar-refractivity contribution in [3.05, 3.63) is 18.2 Å². The maximum atomic E-state index is 4.41. The van der Waals surface area contributed by atoms with Crippen molar-refractivity contribution in [1.29, 1.82) is 0 Å². The summed E-state index contributed by atoms with van der Waals surface area (Å²) in [6.45, 7) is 9.76. The molecular weight excluding hydrogens is 210 g/mol. The molecule has 3 nitrogen and oxygen atoms in total. The van der Waals surface area contributed by atoms with Crippen LogP contribution < -0.4 is 5.32 Å². The van der Waals surface area contributed by atoms with E-state index in [0.717, 1.165) is 19.6 Å². The lowest BCUT2D eigenvalue weighted by Crippen LogP contribution is -2.21. The summed E-state index contributed by atoms with van der Waals surface area (Å²) < 4.78 is 2.28. The van der Waals surface area contributed by atoms with Crippen LogP contribution in [0, 0.1) is 5.92 Å². The summed E-state index contributed by atoms with van der Waals surface area (Å²) >= 11 is 0. The zero-order chi connectivity index (χ0) is 12.5. The first-order chi connectivity index (χ1) is 8.24. The van der Waals surface area contributed by atoms with Gasteiger partial charge in [-0.25, -0.2) is 4.98 Å². The van der Waals surface area contributed by atoms with Gasteiger partial charge < -0.3 is 9.88 Å². The molecule has 0 amide bonds. The maximum Gasteiger partial charge on any atom is 0.122 e. The number of nitrogens with one attached hydrogen (secondary N) is 1. The molecule has 0 spiro atoms. The van der Waals surface area contributed by atoms with Gasteiger partial charge in [-0.15, -0.1) is 0 Å². The zero-order valence-electron chi connectivity index (χ0n) is 11.6. The minimum Gasteiger partial charge on any atom is -0.334 e. The molecule has 0 aromatic carbocycles. The second kappa shape index (κ2) is 8.29. The van der Waals surface area contributed by atoms with Gasteiger partial charge in [0.1, 0.15) is 5.82 Å². The molecule has 0 atom stereocenters. The molecule has 0 aliphatic carbocycles. The molecule has 0 radical (unpaired) electrons. The fraction of sp³-hybridized carbons (Fsp3) is 0.786. The number of imidazole rings is 1. The predicted octanol–water partition coefficient (Wildman–Crippen LogP) is 3.21. The molecule has 0 saturated heterocycles. The van der Waals surface area contributed by atoms with Crippen molar-refractivity contribution in [2.24, 2.45) is 5.92 Å². The van der Waals surface area contributed by atoms with Crippen LogP contribution in [0.5, 0.6) is 0 Å². The van der Waals surface area contributed by atoms with E-state index in [-0.39, 0.29) is 0 Å². The first kappa shape index (κ1) is 14.2. The third-order valence-electron chi connectivity index (χ3n) is 2.89. The predicted molar refractivity (Wildman–Crippen MR) is 72.9 cm³/mol. The Morgan fingerprint density at radius 1 is 1.29 bits per heavy atom. The summed E-state index contributed by atoms with van der Waals surface area (Å²) in [5, 5.41) is 3.45. The molecule has 0 saturated carbocycles. The summed E-state index contributed by atoms with van der Waals surface area (Å²) in [6, 6.07) is 0. The Labute approximate surface area is 106 Å². The monoisotopic (exact) mass is 237 g/mol. The molecule has 0 fully saturated rings. The van der Waals surface area contributed by atoms with Crippen LogP contribution in [-0.2, 0) is 13.1 Å². The van der Waals surface area contributed by atoms with Gasteiger partial charge >= 0.3 is 0 Å². The second-order valence-electron chi connectivity index (χ2n) is 5.12. The van der Waals surface area contributed by atoms with Crippen molar-refractivity contribution >= 4 is 0 Å². The molecule has 1 rings (SSSR count). The van der Waals surface area contributed by atoms with Gasteiger partial charge in [-0.3, -0.25) is 0 Å². The molecule has 0 unspecified atom stereocenters. The van der Waals surface area contributed by atoms with E-state index in [9.17, 15) is 0 Å². The van der Waals surface area contributed by atoms with Crippen molar-refractivity contribution in [3.63, 3.8) is 0 Å². The number of aryl methyl sites for hydroxylation is 1. The summed E-state index contributed by atoms with van der Waals surface area (Å²) in [5.74, 6) is 1.87. The first-order valence-corrected chi connectivity index (χ1v) is 6.94. The second-order valence-corrected chi connectivity index (χ2v) is 5.12. The standard InChI is InChI=1S/C14H27N3/c1-4-5-6-7-9-17-10-8-16-14(17)12-15-11-13(2)3/h8,10,13,15H,4-7,9,11-12H2,1-3H3. The van der Waals surface area contributed by atoms with Crippen LogP contribution in [-0.4, -0.2) is 16.1 Å². The highest BCUT2D eigenvalue weighted by Gasteiger charge is 2.02. The molecule has 17 heavy (non-hydrogen) atoms. The number of hydrogen-bond acceptors (Lipinski definition) is 2. The van der Waals surface area contributed by atoms with Gasteiger partial charge in [0.15, 0.2) is 0 Å². The van der Waals surface area contributed by atoms with Crippen molar-refractivity contribution in [2.45, 2.75) is 59.5 Å². The van der Waals surface area contributed by atoms with E-state index >= 15 is 0 Å². The van der Waals surface area contributed by atoms with Crippen LogP contribution in [0.2, 0.25) is 0 Å². The Kier molecular flexibility index (Phi) is 6.94. The summed E-state index contributed by atoms with van der Waals surface area (Å²) in [5.41, 5.74) is 0. The normalized spacial score (nSPS) is 11.3. The molecule has 1 aromatic rings. The fourth-order valence-corrected chi connectivity index (χ4v) is 1.89. The number of rotatable bonds is 9. The Morgan fingerprint density at radius 2 is 2.12 bits per heavy atom. The molecule has 1 aromatic heterocycles. The summed E-state index contributed by atoms with van der Waals surface area (Å²) in [6.07, 6.45) is 9.24. The van der Waals surface area contributed by atoms with E-state index in [2.05, 4.69) is 41.8 Å². The van der Waals surface area contributed by atoms with Crippen molar-refractivity contribution in [2.75, 3.05) is 6.54 Å². The van der Waals surface area contributed by atoms with Crippen LogP contribution in [0.25, 0.3) is 0 Å². The third-order valence-corrected chi connectivity index (χ3v) is 2.89. The number of hydrogen-bond donors (Lipinski definition) is 1. The van der Waals surface area contributed by atoms with Crippen molar-refractivity contribution < 1.29 is 0 Å². The highest BCUT2D eigenvalue weighted by atomic mass is 15.1. The van der Waals surface area contributed by atoms with Crippen LogP contribution in [0.4, 0.5) is 0 Å². The van der Waals surface area contributed by atoms with Crippen molar-refractivity contribution in [1.82, 2.24) is 14.9 Å². The van der Waals surface area contributed by atoms with E-state index in [1.807, 2.05) is 6.20 Å². The van der Waals surface area contributed by atoms with Crippen LogP contribution in [0.15, 0.2) is 12.4 Å². The van der Waals surface area contributed by atoms with Gasteiger partial charge in [0.05, 0.1) is 6.54 Å². The van der Waals surface area contributed by atoms with Gasteiger partial charge in [-0.2, -0.15) is 0 Å². The Hall–Kier alpha value is -0.830. The number of nitrogens with zero attached hydrogens (tertiary/aromatic N) is 2. The molecular formula is C14H27N3. The highest BCUT2D eigenvalue weighted by Crippen LogP contribution is 2.04. The van der Waals surface area contributed by atoms with Crippen molar-refractivity contribution in [3.8, 4) is 0 Å². The van der Waals surface area contributed by atoms with E-state index in [1.54, 1.807) is 0 Å². The molecule has 1 heterocycles. The van der Waals surface area contributed by atoms with Gasteiger partial charge in [0.25, 0.3) is 0 Å². The van der Waals surface area contributed by atoms with E-state index in [0.29, 0.717) is 5.92 Å². The molecule has 0 aliphatic heterocycles. The van der Waals surface area contributed by atoms with E-state index in [1.165, 1.54) is 31.5 Å².